The van der Waals surface area contributed by atoms with Crippen LogP contribution >= 0.6 is 0 Å². The first-order chi connectivity index (χ1) is 23.6. The maximum absolute atomic E-state index is 13.4. The van der Waals surface area contributed by atoms with Crippen LogP contribution in [0.1, 0.15) is 62.3 Å². The van der Waals surface area contributed by atoms with Crippen molar-refractivity contribution in [3.8, 4) is 11.1 Å². The summed E-state index contributed by atoms with van der Waals surface area (Å²) in [4.78, 5) is 59.8. The zero-order chi connectivity index (χ0) is 38.3. The fourth-order valence-corrected chi connectivity index (χ4v) is 6.10. The molecular formula is C34H44BNO14S. The Morgan fingerprint density at radius 1 is 0.647 bits per heavy atom. The van der Waals surface area contributed by atoms with E-state index in [0.29, 0.717) is 0 Å². The molecule has 0 aliphatic carbocycles. The number of hydrogen-bond acceptors (Lipinski definition) is 14. The summed E-state index contributed by atoms with van der Waals surface area (Å²) in [7, 11) is -4.82. The minimum atomic E-state index is -4.28. The van der Waals surface area contributed by atoms with Gasteiger partial charge < -0.3 is 33.0 Å². The van der Waals surface area contributed by atoms with E-state index < -0.39 is 95.8 Å². The van der Waals surface area contributed by atoms with E-state index >= 15 is 0 Å². The van der Waals surface area contributed by atoms with Crippen molar-refractivity contribution in [2.24, 2.45) is 0 Å². The van der Waals surface area contributed by atoms with E-state index in [9.17, 15) is 32.4 Å². The van der Waals surface area contributed by atoms with Gasteiger partial charge in [0, 0.05) is 34.6 Å². The molecule has 1 fully saturated rings. The average molecular weight is 734 g/mol. The minimum absolute atomic E-state index is 0.144. The fraction of sp³-hybridized carbons (Fsp3) is 0.500. The van der Waals surface area contributed by atoms with E-state index in [1.54, 1.807) is 12.1 Å². The van der Waals surface area contributed by atoms with Crippen LogP contribution < -0.4 is 10.2 Å². The number of carbonyl (C=O) groups excluding carboxylic acids is 5. The second-order valence-electron chi connectivity index (χ2n) is 12.8. The molecule has 2 aromatic rings. The molecule has 0 radical (unpaired) electrons. The van der Waals surface area contributed by atoms with Gasteiger partial charge in [-0.3, -0.25) is 24.0 Å². The van der Waals surface area contributed by atoms with Crippen LogP contribution in [-0.4, -0.2) is 94.2 Å². The third kappa shape index (κ3) is 11.3. The van der Waals surface area contributed by atoms with Crippen LogP contribution in [0.2, 0.25) is 0 Å². The molecule has 1 heterocycles. The molecule has 15 nitrogen and oxygen atoms in total. The number of sulfonamides is 1. The third-order valence-electron chi connectivity index (χ3n) is 8.15. The van der Waals surface area contributed by atoms with Crippen molar-refractivity contribution in [1.82, 2.24) is 4.72 Å². The summed E-state index contributed by atoms with van der Waals surface area (Å²) in [6.45, 7) is 11.7. The predicted molar refractivity (Wildman–Crippen MR) is 182 cm³/mol. The fourth-order valence-electron chi connectivity index (χ4n) is 5.05. The highest BCUT2D eigenvalue weighted by Crippen LogP contribution is 2.36. The number of nitrogens with one attached hydrogen (secondary N) is 1. The Hall–Kier alpha value is -4.32. The SMILES string of the molecule is CC(=O)OC[C@@H](OC(C)=O)[C@@H](OC(C)=O)[C@H](OC(C)=O)[C@H](CNS(=O)(=O)c1ccc(-c2ccc(B3OC(C)(C)C(C)(C)O3)cc2)cc1)OC(C)=O. The molecular weight excluding hydrogens is 689 g/mol. The molecule has 1 saturated heterocycles. The summed E-state index contributed by atoms with van der Waals surface area (Å²) >= 11 is 0. The van der Waals surface area contributed by atoms with Gasteiger partial charge in [0.15, 0.2) is 24.4 Å². The quantitative estimate of drug-likeness (QED) is 0.159. The zero-order valence-electron chi connectivity index (χ0n) is 30.0. The minimum Gasteiger partial charge on any atom is -0.462 e. The predicted octanol–water partition coefficient (Wildman–Crippen LogP) is 2.22. The lowest BCUT2D eigenvalue weighted by molar-refractivity contribution is -0.202. The monoisotopic (exact) mass is 733 g/mol. The molecule has 0 bridgehead atoms. The van der Waals surface area contributed by atoms with Crippen molar-refractivity contribution in [2.45, 2.75) is 103 Å². The zero-order valence-corrected chi connectivity index (χ0v) is 30.9. The van der Waals surface area contributed by atoms with Crippen molar-refractivity contribution in [3.63, 3.8) is 0 Å². The van der Waals surface area contributed by atoms with Crippen LogP contribution in [0.15, 0.2) is 53.4 Å². The Labute approximate surface area is 297 Å². The normalized spacial score (nSPS) is 17.3. The van der Waals surface area contributed by atoms with Crippen molar-refractivity contribution in [1.29, 1.82) is 0 Å². The Kier molecular flexibility index (Phi) is 13.5. The van der Waals surface area contributed by atoms with Crippen LogP contribution in [0.4, 0.5) is 0 Å². The Morgan fingerprint density at radius 3 is 1.49 bits per heavy atom. The first kappa shape index (κ1) is 41.1. The van der Waals surface area contributed by atoms with Gasteiger partial charge in [-0.05, 0) is 56.4 Å². The molecule has 0 unspecified atom stereocenters. The maximum atomic E-state index is 13.4. The van der Waals surface area contributed by atoms with Crippen LogP contribution in [-0.2, 0) is 67.0 Å². The van der Waals surface area contributed by atoms with Gasteiger partial charge in [0.2, 0.25) is 10.0 Å². The number of benzene rings is 2. The maximum Gasteiger partial charge on any atom is 0.494 e. The highest BCUT2D eigenvalue weighted by molar-refractivity contribution is 7.89. The van der Waals surface area contributed by atoms with E-state index in [1.807, 2.05) is 52.0 Å². The summed E-state index contributed by atoms with van der Waals surface area (Å²) < 4.78 is 67.6. The molecule has 1 aliphatic heterocycles. The van der Waals surface area contributed by atoms with Gasteiger partial charge in [-0.1, -0.05) is 36.4 Å². The molecule has 0 saturated carbocycles. The first-order valence-electron chi connectivity index (χ1n) is 16.0. The molecule has 4 atom stereocenters. The molecule has 1 aliphatic rings. The Morgan fingerprint density at radius 2 is 1.06 bits per heavy atom. The standard InChI is InChI=1S/C34H44BNO14S/c1-20(37)44-19-30(46-22(3)39)32(48-24(5)41)31(47-23(4)40)29(45-21(2)38)18-36-51(42,43)28-16-12-26(13-17-28)25-10-14-27(15-11-25)35-49-33(6,7)34(8,9)50-35/h10-17,29-32,36H,18-19H2,1-9H3/t29-,30+,31+,32+/m0/s1. The smallest absolute Gasteiger partial charge is 0.462 e. The average Bonchev–Trinajstić information content (AvgIpc) is 3.24. The summed E-state index contributed by atoms with van der Waals surface area (Å²) in [5.41, 5.74) is 1.37. The third-order valence-corrected chi connectivity index (χ3v) is 9.59. The molecule has 0 amide bonds. The van der Waals surface area contributed by atoms with Gasteiger partial charge in [-0.2, -0.15) is 0 Å². The van der Waals surface area contributed by atoms with Gasteiger partial charge in [0.25, 0.3) is 0 Å². The van der Waals surface area contributed by atoms with Crippen molar-refractivity contribution >= 4 is 52.5 Å². The number of hydrogen-bond donors (Lipinski definition) is 1. The van der Waals surface area contributed by atoms with Gasteiger partial charge >= 0.3 is 37.0 Å². The van der Waals surface area contributed by atoms with Crippen LogP contribution in [0.3, 0.4) is 0 Å². The van der Waals surface area contributed by atoms with Crippen molar-refractivity contribution < 1.29 is 65.4 Å². The van der Waals surface area contributed by atoms with Gasteiger partial charge in [0.05, 0.1) is 22.6 Å². The molecule has 0 aromatic heterocycles. The molecule has 17 heteroatoms. The highest BCUT2D eigenvalue weighted by atomic mass is 32.2. The van der Waals surface area contributed by atoms with E-state index in [2.05, 4.69) is 4.72 Å². The molecule has 0 spiro atoms. The number of carbonyl (C=O) groups is 5. The number of esters is 5. The van der Waals surface area contributed by atoms with E-state index in [0.717, 1.165) is 51.2 Å². The van der Waals surface area contributed by atoms with E-state index in [-0.39, 0.29) is 4.90 Å². The second kappa shape index (κ2) is 16.8. The van der Waals surface area contributed by atoms with Crippen LogP contribution in [0.25, 0.3) is 11.1 Å². The number of ether oxygens (including phenoxy) is 5. The van der Waals surface area contributed by atoms with Gasteiger partial charge in [-0.15, -0.1) is 0 Å². The lowest BCUT2D eigenvalue weighted by Gasteiger charge is -2.35. The Bertz CT molecular complexity index is 1680. The number of rotatable bonds is 15. The molecule has 3 rings (SSSR count). The summed E-state index contributed by atoms with van der Waals surface area (Å²) in [6.07, 6.45) is -6.62. The highest BCUT2D eigenvalue weighted by Gasteiger charge is 2.51. The molecule has 51 heavy (non-hydrogen) atoms. The van der Waals surface area contributed by atoms with Crippen molar-refractivity contribution in [2.75, 3.05) is 13.2 Å². The first-order valence-corrected chi connectivity index (χ1v) is 17.5. The largest absolute Gasteiger partial charge is 0.494 e. The molecule has 2 aromatic carbocycles. The molecule has 1 N–H and O–H groups in total. The van der Waals surface area contributed by atoms with Gasteiger partial charge in [-0.25, -0.2) is 13.1 Å². The van der Waals surface area contributed by atoms with E-state index in [1.165, 1.54) is 12.1 Å². The topological polar surface area (TPSA) is 196 Å². The van der Waals surface area contributed by atoms with Crippen LogP contribution in [0.5, 0.6) is 0 Å². The van der Waals surface area contributed by atoms with Crippen LogP contribution in [0, 0.1) is 0 Å². The summed E-state index contributed by atoms with van der Waals surface area (Å²) in [5, 5.41) is 0. The second-order valence-corrected chi connectivity index (χ2v) is 14.6. The van der Waals surface area contributed by atoms with Crippen molar-refractivity contribution in [3.05, 3.63) is 48.5 Å². The molecule has 278 valence electrons. The lowest BCUT2D eigenvalue weighted by atomic mass is 9.78. The summed E-state index contributed by atoms with van der Waals surface area (Å²) in [5.74, 6) is -4.42. The lowest BCUT2D eigenvalue weighted by Crippen LogP contribution is -2.55. The Balaban J connectivity index is 1.85. The van der Waals surface area contributed by atoms with E-state index in [4.69, 9.17) is 33.0 Å². The van der Waals surface area contributed by atoms with Gasteiger partial charge in [0.1, 0.15) is 6.61 Å². The summed E-state index contributed by atoms with van der Waals surface area (Å²) in [6, 6.07) is 13.5.